The highest BCUT2D eigenvalue weighted by Gasteiger charge is 2.31. The Morgan fingerprint density at radius 3 is 2.71 bits per heavy atom. The molecule has 1 aliphatic carbocycles. The Labute approximate surface area is 200 Å². The Kier molecular flexibility index (Phi) is 6.13. The van der Waals surface area contributed by atoms with Crippen LogP contribution in [-0.4, -0.2) is 39.9 Å². The lowest BCUT2D eigenvalue weighted by molar-refractivity contribution is 0.0904. The second-order valence-corrected chi connectivity index (χ2v) is 10.3. The van der Waals surface area contributed by atoms with Crippen molar-refractivity contribution in [2.24, 2.45) is 11.1 Å². The largest absolute Gasteiger partial charge is 0.381 e. The average Bonchev–Trinajstić information content (AvgIpc) is 3.16. The number of carbonyl (C=O) groups excluding carboxylic acids is 1. The summed E-state index contributed by atoms with van der Waals surface area (Å²) in [6.07, 6.45) is 9.39. The predicted octanol–water partition coefficient (Wildman–Crippen LogP) is 4.06. The van der Waals surface area contributed by atoms with Crippen LogP contribution < -0.4 is 11.1 Å². The molecule has 1 fully saturated rings. The molecule has 1 aromatic carbocycles. The van der Waals surface area contributed by atoms with Crippen molar-refractivity contribution in [2.75, 3.05) is 18.5 Å². The maximum Gasteiger partial charge on any atom is 0.250 e. The molecule has 1 aliphatic heterocycles. The molecule has 0 saturated carbocycles. The summed E-state index contributed by atoms with van der Waals surface area (Å²) in [7, 11) is 0. The van der Waals surface area contributed by atoms with Gasteiger partial charge in [-0.2, -0.15) is 5.10 Å². The normalized spacial score (nSPS) is 17.8. The number of amides is 1. The number of nitrogens with zero attached hydrogens (tertiary/aromatic N) is 3. The number of nitrogens with one attached hydrogen (secondary N) is 1. The first-order chi connectivity index (χ1) is 16.4. The third-order valence-corrected chi connectivity index (χ3v) is 7.09. The first-order valence-corrected chi connectivity index (χ1v) is 12.2. The highest BCUT2D eigenvalue weighted by atomic mass is 16.5. The van der Waals surface area contributed by atoms with E-state index in [2.05, 4.69) is 41.0 Å². The molecule has 0 spiro atoms. The van der Waals surface area contributed by atoms with E-state index in [0.29, 0.717) is 5.56 Å². The second-order valence-electron chi connectivity index (χ2n) is 10.3. The monoisotopic (exact) mass is 459 g/mol. The van der Waals surface area contributed by atoms with Crippen molar-refractivity contribution >= 4 is 11.6 Å². The molecule has 34 heavy (non-hydrogen) atoms. The van der Waals surface area contributed by atoms with Crippen LogP contribution >= 0.6 is 0 Å². The van der Waals surface area contributed by atoms with Crippen LogP contribution in [0.1, 0.15) is 66.0 Å². The van der Waals surface area contributed by atoms with Gasteiger partial charge < -0.3 is 15.8 Å². The smallest absolute Gasteiger partial charge is 0.250 e. The molecule has 3 heterocycles. The molecular formula is C27H33N5O2. The van der Waals surface area contributed by atoms with Gasteiger partial charge in [-0.25, -0.2) is 4.68 Å². The number of primary amides is 1. The molecule has 3 aromatic rings. The van der Waals surface area contributed by atoms with Crippen molar-refractivity contribution in [1.82, 2.24) is 14.8 Å². The predicted molar refractivity (Wildman–Crippen MR) is 132 cm³/mol. The first-order valence-electron chi connectivity index (χ1n) is 12.2. The van der Waals surface area contributed by atoms with E-state index in [4.69, 9.17) is 15.6 Å². The van der Waals surface area contributed by atoms with Crippen LogP contribution in [0.2, 0.25) is 0 Å². The SMILES string of the molecule is CC1(C)CCc2c(Cc3ccncc3)nn(-c3ccc(C(N)=O)c(NC4CCOCC4)c3)c2C1. The summed E-state index contributed by atoms with van der Waals surface area (Å²) in [6, 6.07) is 10.2. The van der Waals surface area contributed by atoms with Crippen LogP contribution in [0.25, 0.3) is 5.69 Å². The van der Waals surface area contributed by atoms with Crippen LogP contribution in [0.15, 0.2) is 42.7 Å². The summed E-state index contributed by atoms with van der Waals surface area (Å²) >= 11 is 0. The molecule has 3 N–H and O–H groups in total. The molecule has 0 unspecified atom stereocenters. The quantitative estimate of drug-likeness (QED) is 0.580. The van der Waals surface area contributed by atoms with Crippen LogP contribution in [0.3, 0.4) is 0 Å². The molecular weight excluding hydrogens is 426 g/mol. The van der Waals surface area contributed by atoms with Crippen LogP contribution in [0, 0.1) is 5.41 Å². The number of ether oxygens (including phenoxy) is 1. The summed E-state index contributed by atoms with van der Waals surface area (Å²) in [6.45, 7) is 6.10. The number of benzene rings is 1. The van der Waals surface area contributed by atoms with Crippen molar-refractivity contribution in [3.05, 3.63) is 70.8 Å². The fourth-order valence-electron chi connectivity index (χ4n) is 5.12. The topological polar surface area (TPSA) is 95.1 Å². The van der Waals surface area contributed by atoms with Crippen molar-refractivity contribution in [2.45, 2.75) is 58.4 Å². The van der Waals surface area contributed by atoms with E-state index < -0.39 is 5.91 Å². The summed E-state index contributed by atoms with van der Waals surface area (Å²) in [4.78, 5) is 16.3. The molecule has 1 saturated heterocycles. The summed E-state index contributed by atoms with van der Waals surface area (Å²) in [5.74, 6) is -0.428. The number of nitrogens with two attached hydrogens (primary N) is 1. The van der Waals surface area contributed by atoms with E-state index in [1.54, 1.807) is 0 Å². The van der Waals surface area contributed by atoms with Gasteiger partial charge in [0, 0.05) is 49.5 Å². The highest BCUT2D eigenvalue weighted by Crippen LogP contribution is 2.38. The Morgan fingerprint density at radius 2 is 1.97 bits per heavy atom. The van der Waals surface area contributed by atoms with Crippen LogP contribution in [0.4, 0.5) is 5.69 Å². The van der Waals surface area contributed by atoms with Gasteiger partial charge in [0.15, 0.2) is 0 Å². The number of hydrogen-bond acceptors (Lipinski definition) is 5. The van der Waals surface area contributed by atoms with Crippen molar-refractivity contribution in [3.63, 3.8) is 0 Å². The van der Waals surface area contributed by atoms with Gasteiger partial charge in [0.1, 0.15) is 0 Å². The van der Waals surface area contributed by atoms with Gasteiger partial charge in [0.05, 0.1) is 16.9 Å². The second kappa shape index (κ2) is 9.22. The van der Waals surface area contributed by atoms with Crippen molar-refractivity contribution in [1.29, 1.82) is 0 Å². The minimum absolute atomic E-state index is 0.217. The Morgan fingerprint density at radius 1 is 1.21 bits per heavy atom. The van der Waals surface area contributed by atoms with E-state index >= 15 is 0 Å². The molecule has 0 radical (unpaired) electrons. The fourth-order valence-corrected chi connectivity index (χ4v) is 5.12. The zero-order valence-electron chi connectivity index (χ0n) is 20.0. The Hall–Kier alpha value is -3.19. The summed E-state index contributed by atoms with van der Waals surface area (Å²) < 4.78 is 7.58. The molecule has 1 amide bonds. The molecule has 0 atom stereocenters. The minimum atomic E-state index is -0.428. The molecule has 7 heteroatoms. The number of pyridine rings is 1. The highest BCUT2D eigenvalue weighted by molar-refractivity contribution is 5.99. The Bertz CT molecular complexity index is 1180. The molecule has 7 nitrogen and oxygen atoms in total. The number of rotatable bonds is 6. The lowest BCUT2D eigenvalue weighted by Gasteiger charge is -2.30. The first kappa shape index (κ1) is 22.6. The minimum Gasteiger partial charge on any atom is -0.381 e. The van der Waals surface area contributed by atoms with Crippen molar-refractivity contribution in [3.8, 4) is 5.69 Å². The van der Waals surface area contributed by atoms with E-state index in [-0.39, 0.29) is 11.5 Å². The van der Waals surface area contributed by atoms with Gasteiger partial charge in [-0.05, 0) is 79.0 Å². The summed E-state index contributed by atoms with van der Waals surface area (Å²) in [5, 5.41) is 8.67. The number of aromatic nitrogens is 3. The number of carbonyl (C=O) groups is 1. The van der Waals surface area contributed by atoms with E-state index in [1.165, 1.54) is 16.8 Å². The van der Waals surface area contributed by atoms with Gasteiger partial charge in [-0.1, -0.05) is 13.8 Å². The zero-order valence-corrected chi connectivity index (χ0v) is 20.0. The summed E-state index contributed by atoms with van der Waals surface area (Å²) in [5.41, 5.74) is 13.1. The average molecular weight is 460 g/mol. The molecule has 2 aromatic heterocycles. The van der Waals surface area contributed by atoms with Gasteiger partial charge in [0.25, 0.3) is 5.91 Å². The third-order valence-electron chi connectivity index (χ3n) is 7.09. The third kappa shape index (κ3) is 4.71. The van der Waals surface area contributed by atoms with Gasteiger partial charge in [0.2, 0.25) is 0 Å². The van der Waals surface area contributed by atoms with E-state index in [9.17, 15) is 4.79 Å². The zero-order chi connectivity index (χ0) is 23.7. The van der Waals surface area contributed by atoms with Crippen LogP contribution in [0.5, 0.6) is 0 Å². The number of fused-ring (bicyclic) bond motifs is 1. The van der Waals surface area contributed by atoms with E-state index in [1.807, 2.05) is 30.6 Å². The lowest BCUT2D eigenvalue weighted by Crippen LogP contribution is -2.29. The number of hydrogen-bond donors (Lipinski definition) is 2. The van der Waals surface area contributed by atoms with Gasteiger partial charge in [-0.15, -0.1) is 0 Å². The standard InChI is InChI=1S/C27H33N5O2/c1-27(2)10-5-21-24(15-18-6-11-29-12-7-18)31-32(25(21)17-27)20-3-4-22(26(28)33)23(16-20)30-19-8-13-34-14-9-19/h3-4,6-7,11-12,16,19,30H,5,8-10,13-15,17H2,1-2H3,(H2,28,33). The maximum atomic E-state index is 12.2. The van der Waals surface area contributed by atoms with Crippen LogP contribution in [-0.2, 0) is 24.0 Å². The van der Waals surface area contributed by atoms with E-state index in [0.717, 1.165) is 68.8 Å². The molecule has 2 aliphatic rings. The number of anilines is 1. The molecule has 5 rings (SSSR count). The maximum absolute atomic E-state index is 12.2. The molecule has 0 bridgehead atoms. The molecule has 178 valence electrons. The lowest BCUT2D eigenvalue weighted by atomic mass is 9.76. The van der Waals surface area contributed by atoms with Gasteiger partial charge >= 0.3 is 0 Å². The van der Waals surface area contributed by atoms with Crippen molar-refractivity contribution < 1.29 is 9.53 Å². The van der Waals surface area contributed by atoms with Gasteiger partial charge in [-0.3, -0.25) is 9.78 Å². The Balaban J connectivity index is 1.55. The fraction of sp³-hybridized carbons (Fsp3) is 0.444.